The molecule has 0 bridgehead atoms. The monoisotopic (exact) mass is 352 g/mol. The number of aromatic nitrogens is 2. The summed E-state index contributed by atoms with van der Waals surface area (Å²) in [5, 5.41) is 0. The van der Waals surface area contributed by atoms with Gasteiger partial charge in [0.15, 0.2) is 0 Å². The highest BCUT2D eigenvalue weighted by molar-refractivity contribution is 5.69. The van der Waals surface area contributed by atoms with Gasteiger partial charge in [0.25, 0.3) is 5.56 Å². The van der Waals surface area contributed by atoms with Gasteiger partial charge >= 0.3 is 5.97 Å². The molecule has 3 rings (SSSR count). The second-order valence-corrected chi connectivity index (χ2v) is 6.10. The van der Waals surface area contributed by atoms with Gasteiger partial charge in [0.2, 0.25) is 0 Å². The first kappa shape index (κ1) is 17.7. The zero-order chi connectivity index (χ0) is 18.5. The molecule has 0 radical (unpaired) electrons. The van der Waals surface area contributed by atoms with Gasteiger partial charge in [-0.05, 0) is 43.2 Å². The first-order valence-electron chi connectivity index (χ1n) is 8.35. The Balaban J connectivity index is 1.53. The van der Waals surface area contributed by atoms with Gasteiger partial charge in [-0.25, -0.2) is 4.98 Å². The molecule has 6 heteroatoms. The standard InChI is InChI=1S/C20H20N2O4/c1-14-4-3-5-17(10-14)25-9-8-20(24)26-13-16-11-19(23)22-12-15(2)6-7-18(22)21-16/h3-7,10-12H,8-9,13H2,1-2H3. The van der Waals surface area contributed by atoms with Crippen LogP contribution in [0, 0.1) is 13.8 Å². The van der Waals surface area contributed by atoms with Crippen LogP contribution in [0.5, 0.6) is 5.75 Å². The molecule has 26 heavy (non-hydrogen) atoms. The van der Waals surface area contributed by atoms with Gasteiger partial charge in [-0.1, -0.05) is 18.2 Å². The molecule has 0 saturated heterocycles. The molecule has 0 atom stereocenters. The average Bonchev–Trinajstić information content (AvgIpc) is 2.61. The molecule has 2 heterocycles. The van der Waals surface area contributed by atoms with Crippen molar-refractivity contribution < 1.29 is 14.3 Å². The molecule has 2 aromatic heterocycles. The fourth-order valence-electron chi connectivity index (χ4n) is 2.52. The highest BCUT2D eigenvalue weighted by Gasteiger charge is 2.07. The van der Waals surface area contributed by atoms with Gasteiger partial charge in [-0.2, -0.15) is 0 Å². The fourth-order valence-corrected chi connectivity index (χ4v) is 2.52. The number of aryl methyl sites for hydroxylation is 2. The second-order valence-electron chi connectivity index (χ2n) is 6.10. The summed E-state index contributed by atoms with van der Waals surface area (Å²) >= 11 is 0. The Hall–Kier alpha value is -3.15. The third-order valence-electron chi connectivity index (χ3n) is 3.81. The normalized spacial score (nSPS) is 10.7. The molecule has 0 N–H and O–H groups in total. The van der Waals surface area contributed by atoms with Crippen molar-refractivity contribution in [2.24, 2.45) is 0 Å². The SMILES string of the molecule is Cc1cccc(OCCC(=O)OCc2cc(=O)n3cc(C)ccc3n2)c1. The van der Waals surface area contributed by atoms with Crippen molar-refractivity contribution in [2.45, 2.75) is 26.9 Å². The minimum Gasteiger partial charge on any atom is -0.493 e. The van der Waals surface area contributed by atoms with Crippen LogP contribution < -0.4 is 10.3 Å². The maximum absolute atomic E-state index is 12.1. The smallest absolute Gasteiger partial charge is 0.309 e. The van der Waals surface area contributed by atoms with Crippen LogP contribution in [-0.4, -0.2) is 22.0 Å². The van der Waals surface area contributed by atoms with Gasteiger partial charge in [0.1, 0.15) is 18.0 Å². The van der Waals surface area contributed by atoms with Crippen LogP contribution in [0.4, 0.5) is 0 Å². The van der Waals surface area contributed by atoms with E-state index in [4.69, 9.17) is 9.47 Å². The molecular weight excluding hydrogens is 332 g/mol. The predicted octanol–water partition coefficient (Wildman–Crippen LogP) is 2.82. The lowest BCUT2D eigenvalue weighted by Crippen LogP contribution is -2.17. The van der Waals surface area contributed by atoms with E-state index in [1.54, 1.807) is 12.3 Å². The molecule has 1 aromatic carbocycles. The minimum atomic E-state index is -0.399. The summed E-state index contributed by atoms with van der Waals surface area (Å²) in [7, 11) is 0. The van der Waals surface area contributed by atoms with Crippen molar-refractivity contribution in [1.82, 2.24) is 9.38 Å². The number of carbonyl (C=O) groups is 1. The van der Waals surface area contributed by atoms with Crippen LogP contribution in [0.3, 0.4) is 0 Å². The Morgan fingerprint density at radius 2 is 1.96 bits per heavy atom. The third kappa shape index (κ3) is 4.47. The number of rotatable bonds is 6. The van der Waals surface area contributed by atoms with E-state index in [-0.39, 0.29) is 25.2 Å². The predicted molar refractivity (Wildman–Crippen MR) is 97.3 cm³/mol. The lowest BCUT2D eigenvalue weighted by Gasteiger charge is -2.08. The van der Waals surface area contributed by atoms with E-state index in [0.29, 0.717) is 11.3 Å². The van der Waals surface area contributed by atoms with Crippen molar-refractivity contribution >= 4 is 11.6 Å². The van der Waals surface area contributed by atoms with E-state index >= 15 is 0 Å². The lowest BCUT2D eigenvalue weighted by atomic mass is 10.2. The van der Waals surface area contributed by atoms with Crippen molar-refractivity contribution in [2.75, 3.05) is 6.61 Å². The summed E-state index contributed by atoms with van der Waals surface area (Å²) in [5.74, 6) is 0.320. The van der Waals surface area contributed by atoms with Crippen molar-refractivity contribution in [1.29, 1.82) is 0 Å². The minimum absolute atomic E-state index is 0.0388. The van der Waals surface area contributed by atoms with Crippen LogP contribution in [-0.2, 0) is 16.1 Å². The van der Waals surface area contributed by atoms with Gasteiger partial charge in [-0.3, -0.25) is 14.0 Å². The van der Waals surface area contributed by atoms with Crippen LogP contribution >= 0.6 is 0 Å². The zero-order valence-electron chi connectivity index (χ0n) is 14.8. The molecule has 0 saturated carbocycles. The quantitative estimate of drug-likeness (QED) is 0.638. The molecule has 0 fully saturated rings. The highest BCUT2D eigenvalue weighted by Crippen LogP contribution is 2.12. The van der Waals surface area contributed by atoms with Crippen molar-refractivity contribution in [3.8, 4) is 5.75 Å². The summed E-state index contributed by atoms with van der Waals surface area (Å²) < 4.78 is 12.2. The highest BCUT2D eigenvalue weighted by atomic mass is 16.5. The van der Waals surface area contributed by atoms with Gasteiger partial charge in [0.05, 0.1) is 18.7 Å². The topological polar surface area (TPSA) is 69.9 Å². The first-order chi connectivity index (χ1) is 12.5. The van der Waals surface area contributed by atoms with E-state index in [1.807, 2.05) is 44.2 Å². The molecule has 6 nitrogen and oxygen atoms in total. The van der Waals surface area contributed by atoms with E-state index in [9.17, 15) is 9.59 Å². The Morgan fingerprint density at radius 1 is 1.12 bits per heavy atom. The van der Waals surface area contributed by atoms with Crippen molar-refractivity contribution in [3.05, 3.63) is 75.8 Å². The molecule has 3 aromatic rings. The Bertz CT molecular complexity index is 995. The number of fused-ring (bicyclic) bond motifs is 1. The first-order valence-corrected chi connectivity index (χ1v) is 8.35. The van der Waals surface area contributed by atoms with E-state index < -0.39 is 5.97 Å². The average molecular weight is 352 g/mol. The summed E-state index contributed by atoms with van der Waals surface area (Å²) in [5.41, 5.74) is 2.80. The maximum Gasteiger partial charge on any atom is 0.309 e. The number of hydrogen-bond donors (Lipinski definition) is 0. The van der Waals surface area contributed by atoms with Crippen LogP contribution in [0.1, 0.15) is 23.2 Å². The molecule has 0 aliphatic rings. The van der Waals surface area contributed by atoms with E-state index in [2.05, 4.69) is 4.98 Å². The van der Waals surface area contributed by atoms with Crippen LogP contribution in [0.15, 0.2) is 53.5 Å². The van der Waals surface area contributed by atoms with Gasteiger partial charge < -0.3 is 9.47 Å². The van der Waals surface area contributed by atoms with Crippen molar-refractivity contribution in [3.63, 3.8) is 0 Å². The summed E-state index contributed by atoms with van der Waals surface area (Å²) in [6.07, 6.45) is 1.85. The Kier molecular flexibility index (Phi) is 5.31. The Morgan fingerprint density at radius 3 is 2.77 bits per heavy atom. The molecular formula is C20H20N2O4. The second kappa shape index (κ2) is 7.82. The fraction of sp³-hybridized carbons (Fsp3) is 0.250. The molecule has 0 amide bonds. The summed E-state index contributed by atoms with van der Waals surface area (Å²) in [6, 6.07) is 12.6. The van der Waals surface area contributed by atoms with E-state index in [1.165, 1.54) is 10.5 Å². The van der Waals surface area contributed by atoms with Crippen LogP contribution in [0.2, 0.25) is 0 Å². The molecule has 0 aliphatic heterocycles. The summed E-state index contributed by atoms with van der Waals surface area (Å²) in [4.78, 5) is 28.3. The van der Waals surface area contributed by atoms with E-state index in [0.717, 1.165) is 16.9 Å². The molecule has 0 spiro atoms. The largest absolute Gasteiger partial charge is 0.493 e. The number of pyridine rings is 1. The van der Waals surface area contributed by atoms with Gasteiger partial charge in [-0.15, -0.1) is 0 Å². The molecule has 134 valence electrons. The number of esters is 1. The zero-order valence-corrected chi connectivity index (χ0v) is 14.8. The number of nitrogens with zero attached hydrogens (tertiary/aromatic N) is 2. The number of benzene rings is 1. The van der Waals surface area contributed by atoms with Gasteiger partial charge in [0, 0.05) is 12.3 Å². The number of ether oxygens (including phenoxy) is 2. The lowest BCUT2D eigenvalue weighted by molar-refractivity contribution is -0.145. The molecule has 0 aliphatic carbocycles. The number of carbonyl (C=O) groups excluding carboxylic acids is 1. The van der Waals surface area contributed by atoms with Crippen LogP contribution in [0.25, 0.3) is 5.65 Å². The Labute approximate surface area is 151 Å². The summed E-state index contributed by atoms with van der Waals surface area (Å²) in [6.45, 7) is 4.07. The molecule has 0 unspecified atom stereocenters. The maximum atomic E-state index is 12.1. The third-order valence-corrected chi connectivity index (χ3v) is 3.81. The number of hydrogen-bond acceptors (Lipinski definition) is 5.